The molecule has 2 aliphatic heterocycles. The third kappa shape index (κ3) is 9.60. The molecule has 0 aliphatic carbocycles. The molecule has 63 heavy (non-hydrogen) atoms. The molecular formula is C52H45Cl2N5O4. The van der Waals surface area contributed by atoms with Crippen molar-refractivity contribution in [2.45, 2.75) is 26.3 Å². The Morgan fingerprint density at radius 2 is 0.889 bits per heavy atom. The maximum atomic E-state index is 6.30. The third-order valence-corrected chi connectivity index (χ3v) is 11.4. The number of benzene rings is 7. The number of anilines is 3. The van der Waals surface area contributed by atoms with Crippen LogP contribution in [0.5, 0.6) is 11.5 Å². The van der Waals surface area contributed by atoms with Crippen LogP contribution in [0.3, 0.4) is 0 Å². The topological polar surface area (TPSA) is 71.4 Å². The van der Waals surface area contributed by atoms with Gasteiger partial charge in [0.2, 0.25) is 12.5 Å². The van der Waals surface area contributed by atoms with E-state index >= 15 is 0 Å². The summed E-state index contributed by atoms with van der Waals surface area (Å²) < 4.78 is 12.6. The normalized spacial score (nSPS) is 15.6. The minimum absolute atomic E-state index is 0.465. The summed E-state index contributed by atoms with van der Waals surface area (Å²) in [6.07, 6.45) is -0.931. The van der Waals surface area contributed by atoms with Crippen molar-refractivity contribution < 1.29 is 19.1 Å². The first kappa shape index (κ1) is 41.4. The largest absolute Gasteiger partial charge is 0.492 e. The number of hydrogen-bond donors (Lipinski definition) is 0. The Morgan fingerprint density at radius 1 is 0.492 bits per heavy atom. The van der Waals surface area contributed by atoms with Crippen molar-refractivity contribution in [3.63, 3.8) is 0 Å². The number of ether oxygens (including phenoxy) is 2. The summed E-state index contributed by atoms with van der Waals surface area (Å²) in [5.41, 5.74) is 9.09. The highest BCUT2D eigenvalue weighted by molar-refractivity contribution is 6.31. The summed E-state index contributed by atoms with van der Waals surface area (Å²) in [5, 5.41) is 10.4. The van der Waals surface area contributed by atoms with Crippen molar-refractivity contribution in [2.24, 2.45) is 10.3 Å². The van der Waals surface area contributed by atoms with Gasteiger partial charge in [-0.15, -0.1) is 0 Å². The van der Waals surface area contributed by atoms with Gasteiger partial charge in [-0.25, -0.2) is 0 Å². The molecule has 7 aromatic rings. The second-order valence-corrected chi connectivity index (χ2v) is 16.2. The number of para-hydroxylation sites is 1. The van der Waals surface area contributed by atoms with Crippen molar-refractivity contribution in [1.82, 2.24) is 0 Å². The summed E-state index contributed by atoms with van der Waals surface area (Å²) in [6.45, 7) is 6.38. The Bertz CT molecular complexity index is 2490. The summed E-state index contributed by atoms with van der Waals surface area (Å²) in [6, 6.07) is 58.2. The molecule has 0 saturated heterocycles. The first-order valence-electron chi connectivity index (χ1n) is 20.8. The van der Waals surface area contributed by atoms with Crippen LogP contribution in [0.25, 0.3) is 0 Å². The van der Waals surface area contributed by atoms with E-state index in [1.54, 1.807) is 0 Å². The quantitative estimate of drug-likeness (QED) is 0.102. The molecule has 316 valence electrons. The predicted octanol–water partition coefficient (Wildman–Crippen LogP) is 12.4. The van der Waals surface area contributed by atoms with Gasteiger partial charge in [0.05, 0.1) is 13.1 Å². The Morgan fingerprint density at radius 3 is 1.29 bits per heavy atom. The lowest BCUT2D eigenvalue weighted by Gasteiger charge is -2.26. The smallest absolute Gasteiger partial charge is 0.231 e. The molecule has 2 heterocycles. The van der Waals surface area contributed by atoms with Crippen LogP contribution in [0, 0.1) is 13.8 Å². The second kappa shape index (κ2) is 19.0. The average molecular weight is 875 g/mol. The lowest BCUT2D eigenvalue weighted by Crippen LogP contribution is -2.32. The zero-order valence-electron chi connectivity index (χ0n) is 34.9. The molecular weight excluding hydrogens is 830 g/mol. The van der Waals surface area contributed by atoms with E-state index in [9.17, 15) is 0 Å². The Kier molecular flexibility index (Phi) is 12.5. The average Bonchev–Trinajstić information content (AvgIpc) is 3.96. The van der Waals surface area contributed by atoms with E-state index in [-0.39, 0.29) is 0 Å². The molecule has 0 N–H and O–H groups in total. The number of aryl methyl sites for hydroxylation is 2. The third-order valence-electron chi connectivity index (χ3n) is 10.9. The molecule has 2 unspecified atom stereocenters. The second-order valence-electron chi connectivity index (χ2n) is 15.3. The van der Waals surface area contributed by atoms with Gasteiger partial charge >= 0.3 is 0 Å². The van der Waals surface area contributed by atoms with Gasteiger partial charge in [0, 0.05) is 49.4 Å². The number of halogens is 2. The van der Waals surface area contributed by atoms with Crippen LogP contribution < -0.4 is 24.2 Å². The standard InChI is InChI=1S/C52H45Cl2N5O4/c1-36-8-12-38(13-9-36)49-55-62-51(58(49)45-24-20-42(53)21-25-45)40-16-28-47(29-17-40)60-34-32-57(44-6-4-3-5-7-44)33-35-61-48-30-18-41(19-31-48)52-59(46-26-22-43(54)23-27-46)50(56-63-52)39-14-10-37(2)11-15-39/h3-31,51-52H,32-35H2,1-2H3. The van der Waals surface area contributed by atoms with Crippen LogP contribution in [0.15, 0.2) is 186 Å². The molecule has 0 radical (unpaired) electrons. The van der Waals surface area contributed by atoms with Gasteiger partial charge in [-0.05, 0) is 123 Å². The van der Waals surface area contributed by atoms with Gasteiger partial charge in [-0.2, -0.15) is 0 Å². The molecule has 2 aliphatic rings. The molecule has 2 atom stereocenters. The summed E-state index contributed by atoms with van der Waals surface area (Å²) in [4.78, 5) is 18.6. The van der Waals surface area contributed by atoms with Gasteiger partial charge in [-0.1, -0.05) is 111 Å². The fraction of sp³-hybridized carbons (Fsp3) is 0.154. The van der Waals surface area contributed by atoms with Gasteiger partial charge in [0.15, 0.2) is 11.7 Å². The lowest BCUT2D eigenvalue weighted by molar-refractivity contribution is 0.0867. The SMILES string of the molecule is Cc1ccc(C2=NOC(c3ccc(OCCN(CCOc4ccc(C5ON=C(c6ccc(C)cc6)N5c5ccc(Cl)cc5)cc4)c4ccccc4)cc3)N2c2ccc(Cl)cc2)cc1. The molecule has 0 bridgehead atoms. The van der Waals surface area contributed by atoms with E-state index in [2.05, 4.69) is 99.5 Å². The molecule has 0 aromatic heterocycles. The highest BCUT2D eigenvalue weighted by Crippen LogP contribution is 2.38. The lowest BCUT2D eigenvalue weighted by atomic mass is 10.1. The van der Waals surface area contributed by atoms with Crippen LogP contribution in [0.1, 0.15) is 45.8 Å². The highest BCUT2D eigenvalue weighted by Gasteiger charge is 2.35. The van der Waals surface area contributed by atoms with Crippen molar-refractivity contribution >= 4 is 51.9 Å². The predicted molar refractivity (Wildman–Crippen MR) is 253 cm³/mol. The van der Waals surface area contributed by atoms with Crippen molar-refractivity contribution in [3.8, 4) is 11.5 Å². The molecule has 9 nitrogen and oxygen atoms in total. The molecule has 9 rings (SSSR count). The number of amidine groups is 2. The first-order valence-corrected chi connectivity index (χ1v) is 21.6. The van der Waals surface area contributed by atoms with Crippen molar-refractivity contribution in [1.29, 1.82) is 0 Å². The molecule has 0 spiro atoms. The minimum atomic E-state index is -0.465. The molecule has 0 amide bonds. The van der Waals surface area contributed by atoms with E-state index in [1.807, 2.05) is 115 Å². The summed E-state index contributed by atoms with van der Waals surface area (Å²) in [5.74, 6) is 2.98. The van der Waals surface area contributed by atoms with Crippen LogP contribution in [0.2, 0.25) is 10.0 Å². The number of nitrogens with zero attached hydrogens (tertiary/aromatic N) is 5. The summed E-state index contributed by atoms with van der Waals surface area (Å²) >= 11 is 12.5. The van der Waals surface area contributed by atoms with E-state index in [1.165, 1.54) is 11.1 Å². The number of oxime groups is 2. The fourth-order valence-corrected chi connectivity index (χ4v) is 7.80. The van der Waals surface area contributed by atoms with E-state index < -0.39 is 12.5 Å². The molecule has 7 aromatic carbocycles. The zero-order chi connectivity index (χ0) is 43.1. The Balaban J connectivity index is 0.823. The van der Waals surface area contributed by atoms with Crippen LogP contribution in [-0.4, -0.2) is 38.0 Å². The van der Waals surface area contributed by atoms with Crippen LogP contribution in [-0.2, 0) is 9.68 Å². The fourth-order valence-electron chi connectivity index (χ4n) is 7.55. The highest BCUT2D eigenvalue weighted by atomic mass is 35.5. The summed E-state index contributed by atoms with van der Waals surface area (Å²) in [7, 11) is 0. The monoisotopic (exact) mass is 873 g/mol. The van der Waals surface area contributed by atoms with Crippen molar-refractivity contribution in [2.75, 3.05) is 41.0 Å². The Hall–Kier alpha value is -6.94. The van der Waals surface area contributed by atoms with Crippen molar-refractivity contribution in [3.05, 3.63) is 219 Å². The molecule has 0 saturated carbocycles. The van der Waals surface area contributed by atoms with Gasteiger partial charge in [0.25, 0.3) is 0 Å². The maximum absolute atomic E-state index is 6.30. The van der Waals surface area contributed by atoms with E-state index in [4.69, 9.17) is 42.4 Å². The first-order chi connectivity index (χ1) is 30.9. The van der Waals surface area contributed by atoms with E-state index in [0.29, 0.717) is 36.3 Å². The van der Waals surface area contributed by atoms with Crippen LogP contribution in [0.4, 0.5) is 17.1 Å². The number of hydrogen-bond acceptors (Lipinski definition) is 9. The van der Waals surface area contributed by atoms with E-state index in [0.717, 1.165) is 62.5 Å². The Labute approximate surface area is 377 Å². The maximum Gasteiger partial charge on any atom is 0.231 e. The molecule has 0 fully saturated rings. The van der Waals surface area contributed by atoms with Gasteiger partial charge in [-0.3, -0.25) is 9.80 Å². The van der Waals surface area contributed by atoms with Gasteiger partial charge < -0.3 is 24.0 Å². The minimum Gasteiger partial charge on any atom is -0.492 e. The number of rotatable bonds is 15. The zero-order valence-corrected chi connectivity index (χ0v) is 36.4. The van der Waals surface area contributed by atoms with Crippen LogP contribution >= 0.6 is 23.2 Å². The molecule has 11 heteroatoms. The van der Waals surface area contributed by atoms with Gasteiger partial charge in [0.1, 0.15) is 24.7 Å².